The zero-order valence-electron chi connectivity index (χ0n) is 5.26. The topological polar surface area (TPSA) is 78.4 Å². The Kier molecular flexibility index (Phi) is 1.98. The molecule has 1 heterocycles. The van der Waals surface area contributed by atoms with Crippen LogP contribution in [0.15, 0.2) is 0 Å². The molecule has 1 unspecified atom stereocenters. The molecule has 3 N–H and O–H groups in total. The summed E-state index contributed by atoms with van der Waals surface area (Å²) in [5.74, 6) is -0.741. The van der Waals surface area contributed by atoms with Crippen molar-refractivity contribution in [2.45, 2.75) is 18.9 Å². The van der Waals surface area contributed by atoms with E-state index in [1.165, 1.54) is 0 Å². The second-order valence-electron chi connectivity index (χ2n) is 2.13. The Morgan fingerprint density at radius 1 is 1.60 bits per heavy atom. The average molecular weight is 144 g/mol. The Morgan fingerprint density at radius 3 is 2.80 bits per heavy atom. The van der Waals surface area contributed by atoms with Gasteiger partial charge in [-0.25, -0.2) is 0 Å². The Hall–Kier alpha value is -0.940. The Bertz CT molecular complexity index is 168. The van der Waals surface area contributed by atoms with Crippen LogP contribution < -0.4 is 10.8 Å². The van der Waals surface area contributed by atoms with Gasteiger partial charge in [-0.05, 0) is 6.42 Å². The fourth-order valence-electron chi connectivity index (χ4n) is 0.817. The van der Waals surface area contributed by atoms with Crippen LogP contribution >= 0.6 is 0 Å². The highest BCUT2D eigenvalue weighted by atomic mass is 16.5. The molecule has 0 bridgehead atoms. The van der Waals surface area contributed by atoms with Gasteiger partial charge in [-0.1, -0.05) is 0 Å². The van der Waals surface area contributed by atoms with E-state index in [1.807, 2.05) is 5.48 Å². The van der Waals surface area contributed by atoms with Crippen molar-refractivity contribution in [3.05, 3.63) is 0 Å². The fraction of sp³-hybridized carbons (Fsp3) is 0.600. The monoisotopic (exact) mass is 144 g/mol. The summed E-state index contributed by atoms with van der Waals surface area (Å²) < 4.78 is 0. The molecule has 1 aliphatic rings. The van der Waals surface area contributed by atoms with Gasteiger partial charge in [0.15, 0.2) is 0 Å². The first kappa shape index (κ1) is 7.17. The number of nitrogens with one attached hydrogen (secondary N) is 2. The van der Waals surface area contributed by atoms with Crippen molar-refractivity contribution in [1.82, 2.24) is 10.8 Å². The molecule has 10 heavy (non-hydrogen) atoms. The Labute approximate surface area is 57.4 Å². The number of carbonyl (C=O) groups excluding carboxylic acids is 2. The van der Waals surface area contributed by atoms with Crippen LogP contribution in [-0.4, -0.2) is 23.1 Å². The van der Waals surface area contributed by atoms with Crippen molar-refractivity contribution < 1.29 is 14.8 Å². The lowest BCUT2D eigenvalue weighted by Crippen LogP contribution is -2.49. The number of hydrogen-bond donors (Lipinski definition) is 3. The lowest BCUT2D eigenvalue weighted by molar-refractivity contribution is -0.136. The first-order valence-corrected chi connectivity index (χ1v) is 2.97. The van der Waals surface area contributed by atoms with Crippen LogP contribution in [0.25, 0.3) is 0 Å². The number of imide groups is 1. The number of rotatable bonds is 1. The molecule has 0 aromatic heterocycles. The van der Waals surface area contributed by atoms with Crippen LogP contribution in [-0.2, 0) is 9.59 Å². The zero-order chi connectivity index (χ0) is 7.56. The molecule has 1 aliphatic heterocycles. The molecule has 0 saturated carbocycles. The second kappa shape index (κ2) is 2.76. The van der Waals surface area contributed by atoms with E-state index >= 15 is 0 Å². The van der Waals surface area contributed by atoms with Crippen molar-refractivity contribution in [2.75, 3.05) is 0 Å². The number of amides is 2. The van der Waals surface area contributed by atoms with E-state index in [1.54, 1.807) is 0 Å². The molecule has 5 heteroatoms. The van der Waals surface area contributed by atoms with Crippen molar-refractivity contribution in [1.29, 1.82) is 0 Å². The fourth-order valence-corrected chi connectivity index (χ4v) is 0.817. The highest BCUT2D eigenvalue weighted by molar-refractivity contribution is 6.00. The highest BCUT2D eigenvalue weighted by Crippen LogP contribution is 2.02. The Balaban J connectivity index is 2.51. The van der Waals surface area contributed by atoms with Gasteiger partial charge >= 0.3 is 0 Å². The van der Waals surface area contributed by atoms with Crippen LogP contribution in [0.5, 0.6) is 0 Å². The molecule has 1 fully saturated rings. The van der Waals surface area contributed by atoms with E-state index in [2.05, 4.69) is 5.32 Å². The Morgan fingerprint density at radius 2 is 2.30 bits per heavy atom. The first-order chi connectivity index (χ1) is 4.74. The molecule has 1 rings (SSSR count). The molecule has 0 radical (unpaired) electrons. The number of hydroxylamine groups is 1. The predicted molar refractivity (Wildman–Crippen MR) is 31.1 cm³/mol. The predicted octanol–water partition coefficient (Wildman–Crippen LogP) is -1.23. The molecule has 0 aromatic rings. The van der Waals surface area contributed by atoms with E-state index in [9.17, 15) is 9.59 Å². The van der Waals surface area contributed by atoms with E-state index in [0.717, 1.165) is 0 Å². The quantitative estimate of drug-likeness (QED) is 0.318. The van der Waals surface area contributed by atoms with E-state index in [4.69, 9.17) is 5.21 Å². The molecular formula is C5H8N2O3. The SMILES string of the molecule is O=C1CCC(NO)C(=O)N1. The highest BCUT2D eigenvalue weighted by Gasteiger charge is 2.25. The van der Waals surface area contributed by atoms with Gasteiger partial charge in [0.2, 0.25) is 11.8 Å². The summed E-state index contributed by atoms with van der Waals surface area (Å²) in [6.07, 6.45) is 0.644. The molecular weight excluding hydrogens is 136 g/mol. The minimum Gasteiger partial charge on any atom is -0.316 e. The molecule has 1 saturated heterocycles. The second-order valence-corrected chi connectivity index (χ2v) is 2.13. The molecule has 2 amide bonds. The maximum Gasteiger partial charge on any atom is 0.246 e. The summed E-state index contributed by atoms with van der Waals surface area (Å²) in [7, 11) is 0. The van der Waals surface area contributed by atoms with Crippen LogP contribution in [0.1, 0.15) is 12.8 Å². The summed E-state index contributed by atoms with van der Waals surface area (Å²) in [6, 6.07) is -0.627. The number of hydrogen-bond acceptors (Lipinski definition) is 4. The van der Waals surface area contributed by atoms with Crippen molar-refractivity contribution in [3.63, 3.8) is 0 Å². The van der Waals surface area contributed by atoms with Gasteiger partial charge in [0.1, 0.15) is 6.04 Å². The van der Waals surface area contributed by atoms with E-state index in [0.29, 0.717) is 6.42 Å². The lowest BCUT2D eigenvalue weighted by Gasteiger charge is -2.18. The third-order valence-corrected chi connectivity index (χ3v) is 1.40. The van der Waals surface area contributed by atoms with Gasteiger partial charge in [0.05, 0.1) is 0 Å². The zero-order valence-corrected chi connectivity index (χ0v) is 5.26. The number of carbonyl (C=O) groups is 2. The minimum atomic E-state index is -0.627. The van der Waals surface area contributed by atoms with Gasteiger partial charge in [-0.15, -0.1) is 0 Å². The molecule has 1 atom stereocenters. The number of piperidine rings is 1. The standard InChI is InChI=1S/C5H8N2O3/c8-4-2-1-3(7-10)5(9)6-4/h3,7,10H,1-2H2,(H,6,8,9). The summed E-state index contributed by atoms with van der Waals surface area (Å²) in [4.78, 5) is 21.2. The average Bonchev–Trinajstić information content (AvgIpc) is 1.88. The lowest BCUT2D eigenvalue weighted by atomic mass is 10.1. The van der Waals surface area contributed by atoms with E-state index < -0.39 is 11.9 Å². The van der Waals surface area contributed by atoms with E-state index in [-0.39, 0.29) is 12.3 Å². The summed E-state index contributed by atoms with van der Waals surface area (Å²) in [5.41, 5.74) is 1.81. The summed E-state index contributed by atoms with van der Waals surface area (Å²) in [5, 5.41) is 10.4. The normalized spacial score (nSPS) is 26.3. The summed E-state index contributed by atoms with van der Waals surface area (Å²) >= 11 is 0. The van der Waals surface area contributed by atoms with Crippen LogP contribution in [0.2, 0.25) is 0 Å². The maximum atomic E-state index is 10.7. The van der Waals surface area contributed by atoms with Gasteiger partial charge in [-0.2, -0.15) is 5.48 Å². The minimum absolute atomic E-state index is 0.281. The maximum absolute atomic E-state index is 10.7. The van der Waals surface area contributed by atoms with Crippen molar-refractivity contribution >= 4 is 11.8 Å². The van der Waals surface area contributed by atoms with Gasteiger partial charge < -0.3 is 5.21 Å². The first-order valence-electron chi connectivity index (χ1n) is 2.97. The van der Waals surface area contributed by atoms with Crippen LogP contribution in [0, 0.1) is 0 Å². The molecule has 0 aliphatic carbocycles. The summed E-state index contributed by atoms with van der Waals surface area (Å²) in [6.45, 7) is 0. The molecule has 0 aromatic carbocycles. The molecule has 56 valence electrons. The molecule has 0 spiro atoms. The van der Waals surface area contributed by atoms with Crippen molar-refractivity contribution in [3.8, 4) is 0 Å². The third kappa shape index (κ3) is 1.31. The van der Waals surface area contributed by atoms with Crippen LogP contribution in [0.3, 0.4) is 0 Å². The van der Waals surface area contributed by atoms with Crippen molar-refractivity contribution in [2.24, 2.45) is 0 Å². The molecule has 5 nitrogen and oxygen atoms in total. The third-order valence-electron chi connectivity index (χ3n) is 1.40. The van der Waals surface area contributed by atoms with Gasteiger partial charge in [-0.3, -0.25) is 14.9 Å². The largest absolute Gasteiger partial charge is 0.316 e. The van der Waals surface area contributed by atoms with Gasteiger partial charge in [0.25, 0.3) is 0 Å². The van der Waals surface area contributed by atoms with Crippen LogP contribution in [0.4, 0.5) is 0 Å². The van der Waals surface area contributed by atoms with Gasteiger partial charge in [0, 0.05) is 6.42 Å². The smallest absolute Gasteiger partial charge is 0.246 e.